The molecule has 0 aliphatic carbocycles. The molecule has 1 aromatic rings. The lowest BCUT2D eigenvalue weighted by Crippen LogP contribution is -1.94. The third kappa shape index (κ3) is 2.51. The molecule has 0 amide bonds. The molecule has 13 heavy (non-hydrogen) atoms. The Morgan fingerprint density at radius 2 is 2.31 bits per heavy atom. The van der Waals surface area contributed by atoms with Crippen molar-refractivity contribution >= 4 is 0 Å². The van der Waals surface area contributed by atoms with Crippen LogP contribution in [0.15, 0.2) is 30.9 Å². The fraction of sp³-hybridized carbons (Fsp3) is 0.273. The molecule has 0 aliphatic rings. The number of benzene rings is 1. The zero-order valence-corrected chi connectivity index (χ0v) is 7.79. The molecule has 0 aromatic heterocycles. The van der Waals surface area contributed by atoms with E-state index in [0.717, 1.165) is 12.0 Å². The second kappa shape index (κ2) is 4.55. The molecule has 0 unspecified atom stereocenters. The highest BCUT2D eigenvalue weighted by Gasteiger charge is 2.01. The van der Waals surface area contributed by atoms with Gasteiger partial charge < -0.3 is 9.84 Å². The quantitative estimate of drug-likeness (QED) is 0.718. The lowest BCUT2D eigenvalue weighted by Gasteiger charge is -2.06. The van der Waals surface area contributed by atoms with Crippen LogP contribution in [0.5, 0.6) is 11.5 Å². The first-order chi connectivity index (χ1) is 6.27. The van der Waals surface area contributed by atoms with E-state index in [2.05, 4.69) is 13.5 Å². The maximum Gasteiger partial charge on any atom is 0.161 e. The zero-order valence-electron chi connectivity index (χ0n) is 7.79. The standard InChI is InChI=1S/C11H14O2/c1-3-7-13-11-8-9(4-2)5-6-10(11)12/h3,5-6,8,12H,1,4,7H2,2H3. The lowest BCUT2D eigenvalue weighted by molar-refractivity contribution is 0.336. The Labute approximate surface area is 78.5 Å². The van der Waals surface area contributed by atoms with E-state index >= 15 is 0 Å². The van der Waals surface area contributed by atoms with Crippen LogP contribution in [0, 0.1) is 0 Å². The van der Waals surface area contributed by atoms with Crippen molar-refractivity contribution in [3.05, 3.63) is 36.4 Å². The predicted octanol–water partition coefficient (Wildman–Crippen LogP) is 2.52. The maximum atomic E-state index is 9.40. The minimum absolute atomic E-state index is 0.180. The van der Waals surface area contributed by atoms with Crippen LogP contribution in [0.1, 0.15) is 12.5 Å². The highest BCUT2D eigenvalue weighted by atomic mass is 16.5. The predicted molar refractivity (Wildman–Crippen MR) is 53.2 cm³/mol. The van der Waals surface area contributed by atoms with Gasteiger partial charge in [0, 0.05) is 0 Å². The molecule has 0 radical (unpaired) electrons. The highest BCUT2D eigenvalue weighted by Crippen LogP contribution is 2.26. The number of aromatic hydroxyl groups is 1. The van der Waals surface area contributed by atoms with Gasteiger partial charge in [-0.25, -0.2) is 0 Å². The number of aryl methyl sites for hydroxylation is 1. The lowest BCUT2D eigenvalue weighted by atomic mass is 10.1. The van der Waals surface area contributed by atoms with Crippen LogP contribution >= 0.6 is 0 Å². The van der Waals surface area contributed by atoms with Crippen LogP contribution in [0.3, 0.4) is 0 Å². The fourth-order valence-electron chi connectivity index (χ4n) is 1.04. The van der Waals surface area contributed by atoms with Gasteiger partial charge in [-0.05, 0) is 24.1 Å². The van der Waals surface area contributed by atoms with Gasteiger partial charge in [-0.1, -0.05) is 25.6 Å². The summed E-state index contributed by atoms with van der Waals surface area (Å²) < 4.78 is 5.26. The summed E-state index contributed by atoms with van der Waals surface area (Å²) >= 11 is 0. The molecule has 2 heteroatoms. The van der Waals surface area contributed by atoms with E-state index in [1.165, 1.54) is 0 Å². The first-order valence-electron chi connectivity index (χ1n) is 4.33. The van der Waals surface area contributed by atoms with Crippen molar-refractivity contribution in [2.45, 2.75) is 13.3 Å². The Morgan fingerprint density at radius 1 is 1.54 bits per heavy atom. The summed E-state index contributed by atoms with van der Waals surface area (Å²) in [5.41, 5.74) is 1.15. The van der Waals surface area contributed by atoms with Crippen molar-refractivity contribution in [2.75, 3.05) is 6.61 Å². The molecule has 1 rings (SSSR count). The molecule has 0 heterocycles. The summed E-state index contributed by atoms with van der Waals surface area (Å²) in [5.74, 6) is 0.707. The third-order valence-corrected chi connectivity index (χ3v) is 1.79. The van der Waals surface area contributed by atoms with Gasteiger partial charge in [0.25, 0.3) is 0 Å². The molecule has 70 valence electrons. The van der Waals surface area contributed by atoms with Crippen molar-refractivity contribution in [3.63, 3.8) is 0 Å². The van der Waals surface area contributed by atoms with Crippen LogP contribution in [-0.2, 0) is 6.42 Å². The Hall–Kier alpha value is -1.44. The van der Waals surface area contributed by atoms with E-state index in [0.29, 0.717) is 12.4 Å². The third-order valence-electron chi connectivity index (χ3n) is 1.79. The molecule has 2 nitrogen and oxygen atoms in total. The van der Waals surface area contributed by atoms with E-state index in [4.69, 9.17) is 4.74 Å². The van der Waals surface area contributed by atoms with Crippen LogP contribution in [0.4, 0.5) is 0 Å². The van der Waals surface area contributed by atoms with Crippen LogP contribution in [-0.4, -0.2) is 11.7 Å². The Kier molecular flexibility index (Phi) is 3.38. The average molecular weight is 178 g/mol. The maximum absolute atomic E-state index is 9.40. The largest absolute Gasteiger partial charge is 0.504 e. The van der Waals surface area contributed by atoms with E-state index in [-0.39, 0.29) is 5.75 Å². The fourth-order valence-corrected chi connectivity index (χ4v) is 1.04. The molecule has 1 aromatic carbocycles. The molecule has 0 saturated carbocycles. The average Bonchev–Trinajstić information content (AvgIpc) is 2.17. The second-order valence-electron chi connectivity index (χ2n) is 2.76. The normalized spacial score (nSPS) is 9.62. The summed E-state index contributed by atoms with van der Waals surface area (Å²) in [7, 11) is 0. The van der Waals surface area contributed by atoms with Crippen molar-refractivity contribution < 1.29 is 9.84 Å². The zero-order chi connectivity index (χ0) is 9.68. The SMILES string of the molecule is C=CCOc1cc(CC)ccc1O. The number of rotatable bonds is 4. The van der Waals surface area contributed by atoms with Gasteiger partial charge >= 0.3 is 0 Å². The highest BCUT2D eigenvalue weighted by molar-refractivity contribution is 5.41. The van der Waals surface area contributed by atoms with Crippen molar-refractivity contribution in [2.24, 2.45) is 0 Å². The molecule has 0 saturated heterocycles. The molecular formula is C11H14O2. The van der Waals surface area contributed by atoms with E-state index in [1.54, 1.807) is 12.1 Å². The number of phenols is 1. The van der Waals surface area contributed by atoms with Gasteiger partial charge in [0.05, 0.1) is 0 Å². The van der Waals surface area contributed by atoms with E-state index in [1.807, 2.05) is 12.1 Å². The number of hydrogen-bond acceptors (Lipinski definition) is 2. The van der Waals surface area contributed by atoms with Gasteiger partial charge in [-0.2, -0.15) is 0 Å². The monoisotopic (exact) mass is 178 g/mol. The van der Waals surface area contributed by atoms with Crippen LogP contribution in [0.2, 0.25) is 0 Å². The molecular weight excluding hydrogens is 164 g/mol. The van der Waals surface area contributed by atoms with Gasteiger partial charge in [0.1, 0.15) is 6.61 Å². The van der Waals surface area contributed by atoms with Gasteiger partial charge in [0.2, 0.25) is 0 Å². The molecule has 0 spiro atoms. The number of ether oxygens (including phenoxy) is 1. The molecule has 0 bridgehead atoms. The summed E-state index contributed by atoms with van der Waals surface area (Å²) in [6.45, 7) is 6.02. The first kappa shape index (κ1) is 9.65. The van der Waals surface area contributed by atoms with Gasteiger partial charge in [0.15, 0.2) is 11.5 Å². The second-order valence-corrected chi connectivity index (χ2v) is 2.76. The van der Waals surface area contributed by atoms with E-state index in [9.17, 15) is 5.11 Å². The minimum atomic E-state index is 0.180. The minimum Gasteiger partial charge on any atom is -0.504 e. The summed E-state index contributed by atoms with van der Waals surface area (Å²) in [6, 6.07) is 5.38. The molecule has 0 atom stereocenters. The Bertz CT molecular complexity index is 292. The molecule has 0 aliphatic heterocycles. The number of phenolic OH excluding ortho intramolecular Hbond substituents is 1. The van der Waals surface area contributed by atoms with E-state index < -0.39 is 0 Å². The van der Waals surface area contributed by atoms with Crippen molar-refractivity contribution in [1.29, 1.82) is 0 Å². The summed E-state index contributed by atoms with van der Waals surface area (Å²) in [6.07, 6.45) is 2.59. The summed E-state index contributed by atoms with van der Waals surface area (Å²) in [5, 5.41) is 9.40. The Balaban J connectivity index is 2.83. The Morgan fingerprint density at radius 3 is 2.92 bits per heavy atom. The topological polar surface area (TPSA) is 29.5 Å². The van der Waals surface area contributed by atoms with Crippen molar-refractivity contribution in [3.8, 4) is 11.5 Å². The number of hydrogen-bond donors (Lipinski definition) is 1. The van der Waals surface area contributed by atoms with Gasteiger partial charge in [-0.3, -0.25) is 0 Å². The first-order valence-corrected chi connectivity index (χ1v) is 4.33. The molecule has 1 N–H and O–H groups in total. The molecule has 0 fully saturated rings. The van der Waals surface area contributed by atoms with Crippen LogP contribution < -0.4 is 4.74 Å². The van der Waals surface area contributed by atoms with Gasteiger partial charge in [-0.15, -0.1) is 0 Å². The van der Waals surface area contributed by atoms with Crippen molar-refractivity contribution in [1.82, 2.24) is 0 Å². The van der Waals surface area contributed by atoms with Crippen LogP contribution in [0.25, 0.3) is 0 Å². The summed E-state index contributed by atoms with van der Waals surface area (Å²) in [4.78, 5) is 0. The smallest absolute Gasteiger partial charge is 0.161 e.